The first-order valence-electron chi connectivity index (χ1n) is 8.24. The molecule has 2 aromatic rings. The van der Waals surface area contributed by atoms with Crippen LogP contribution in [-0.4, -0.2) is 51.1 Å². The van der Waals surface area contributed by atoms with E-state index in [1.54, 1.807) is 30.7 Å². The topological polar surface area (TPSA) is 91.5 Å². The highest BCUT2D eigenvalue weighted by atomic mass is 16.3. The van der Waals surface area contributed by atoms with Gasteiger partial charge in [-0.25, -0.2) is 4.98 Å². The number of hydrogen-bond acceptors (Lipinski definition) is 6. The minimum atomic E-state index is -0.452. The molecular formula is C17H20N4O3. The fraction of sp³-hybridized carbons (Fsp3) is 0.471. The van der Waals surface area contributed by atoms with Crippen LogP contribution in [0.4, 0.5) is 5.82 Å². The largest absolute Gasteiger partial charge is 0.459 e. The number of amides is 1. The maximum atomic E-state index is 12.4. The van der Waals surface area contributed by atoms with Gasteiger partial charge < -0.3 is 19.7 Å². The summed E-state index contributed by atoms with van der Waals surface area (Å²) in [5, 5.41) is 13.7. The first-order valence-corrected chi connectivity index (χ1v) is 8.24. The Balaban J connectivity index is 1.42. The van der Waals surface area contributed by atoms with Crippen molar-refractivity contribution in [1.29, 1.82) is 0 Å². The molecular weight excluding hydrogens is 308 g/mol. The number of carbonyl (C=O) groups excluding carboxylic acids is 1. The summed E-state index contributed by atoms with van der Waals surface area (Å²) in [5.74, 6) is 1.69. The lowest BCUT2D eigenvalue weighted by molar-refractivity contribution is 0.0720. The Labute approximate surface area is 139 Å². The molecule has 0 radical (unpaired) electrons. The highest BCUT2D eigenvalue weighted by Crippen LogP contribution is 2.37. The molecule has 2 aromatic heterocycles. The van der Waals surface area contributed by atoms with E-state index in [-0.39, 0.29) is 11.9 Å². The summed E-state index contributed by atoms with van der Waals surface area (Å²) in [5.41, 5.74) is 0. The predicted molar refractivity (Wildman–Crippen MR) is 86.3 cm³/mol. The van der Waals surface area contributed by atoms with Crippen molar-refractivity contribution in [3.8, 4) is 0 Å². The first-order chi connectivity index (χ1) is 11.7. The second-order valence-electron chi connectivity index (χ2n) is 6.59. The van der Waals surface area contributed by atoms with Crippen LogP contribution in [0, 0.1) is 11.8 Å². The zero-order chi connectivity index (χ0) is 16.5. The number of aliphatic hydroxyl groups excluding tert-OH is 1. The molecule has 1 aliphatic carbocycles. The number of nitrogens with zero attached hydrogens (tertiary/aromatic N) is 3. The summed E-state index contributed by atoms with van der Waals surface area (Å²) in [7, 11) is 0. The van der Waals surface area contributed by atoms with Crippen LogP contribution in [-0.2, 0) is 0 Å². The third-order valence-electron chi connectivity index (χ3n) is 5.06. The molecule has 24 heavy (non-hydrogen) atoms. The second-order valence-corrected chi connectivity index (χ2v) is 6.59. The Morgan fingerprint density at radius 1 is 1.29 bits per heavy atom. The lowest BCUT2D eigenvalue weighted by atomic mass is 9.77. The highest BCUT2D eigenvalue weighted by molar-refractivity contribution is 5.91. The number of rotatable bonds is 3. The first kappa shape index (κ1) is 15.1. The normalized spacial score (nSPS) is 29.3. The van der Waals surface area contributed by atoms with Gasteiger partial charge in [0.05, 0.1) is 24.6 Å². The van der Waals surface area contributed by atoms with E-state index in [1.165, 1.54) is 6.26 Å². The number of nitrogens with one attached hydrogen (secondary N) is 1. The summed E-state index contributed by atoms with van der Waals surface area (Å²) in [6.45, 7) is 1.38. The van der Waals surface area contributed by atoms with Crippen LogP contribution in [0.25, 0.3) is 0 Å². The standard InChI is InChI=1S/C17H20N4O3/c22-14-7-12-10-21(17(23)15-2-1-5-24-15)9-11(12)6-13(14)20-16-8-18-3-4-19-16/h1-5,8,11-14,22H,6-7,9-10H2,(H,19,20)/t11-,12+,13-,14-/m1/s1. The van der Waals surface area contributed by atoms with Gasteiger partial charge in [0, 0.05) is 25.5 Å². The quantitative estimate of drug-likeness (QED) is 0.885. The van der Waals surface area contributed by atoms with Gasteiger partial charge in [0.2, 0.25) is 0 Å². The number of hydrogen-bond donors (Lipinski definition) is 2. The van der Waals surface area contributed by atoms with E-state index >= 15 is 0 Å². The van der Waals surface area contributed by atoms with Crippen molar-refractivity contribution in [3.05, 3.63) is 42.7 Å². The number of likely N-dealkylation sites (tertiary alicyclic amines) is 1. The zero-order valence-electron chi connectivity index (χ0n) is 13.2. The van der Waals surface area contributed by atoms with Gasteiger partial charge in [0.1, 0.15) is 5.82 Å². The molecule has 4 atom stereocenters. The second kappa shape index (κ2) is 6.24. The summed E-state index contributed by atoms with van der Waals surface area (Å²) >= 11 is 0. The lowest BCUT2D eigenvalue weighted by Gasteiger charge is -2.35. The minimum absolute atomic E-state index is 0.0673. The smallest absolute Gasteiger partial charge is 0.289 e. The SMILES string of the molecule is O=C(c1ccco1)N1C[C@H]2C[C@@H](Nc3cnccn3)[C@H](O)C[C@H]2C1. The van der Waals surface area contributed by atoms with Gasteiger partial charge in [-0.1, -0.05) is 0 Å². The average Bonchev–Trinajstić information content (AvgIpc) is 3.25. The Morgan fingerprint density at radius 3 is 2.83 bits per heavy atom. The van der Waals surface area contributed by atoms with Gasteiger partial charge in [-0.3, -0.25) is 9.78 Å². The molecule has 0 aromatic carbocycles. The molecule has 0 unspecified atom stereocenters. The van der Waals surface area contributed by atoms with Crippen LogP contribution < -0.4 is 5.32 Å². The van der Waals surface area contributed by atoms with Crippen LogP contribution in [0.3, 0.4) is 0 Å². The van der Waals surface area contributed by atoms with Gasteiger partial charge in [0.25, 0.3) is 5.91 Å². The molecule has 7 nitrogen and oxygen atoms in total. The molecule has 2 fully saturated rings. The van der Waals surface area contributed by atoms with Crippen LogP contribution in [0.2, 0.25) is 0 Å². The third kappa shape index (κ3) is 2.87. The molecule has 3 heterocycles. The molecule has 1 saturated carbocycles. The van der Waals surface area contributed by atoms with Gasteiger partial charge in [-0.2, -0.15) is 0 Å². The Hall–Kier alpha value is -2.41. The third-order valence-corrected chi connectivity index (χ3v) is 5.06. The van der Waals surface area contributed by atoms with E-state index < -0.39 is 6.10 Å². The van der Waals surface area contributed by atoms with Gasteiger partial charge in [-0.15, -0.1) is 0 Å². The number of aromatic nitrogens is 2. The van der Waals surface area contributed by atoms with E-state index in [2.05, 4.69) is 15.3 Å². The highest BCUT2D eigenvalue weighted by Gasteiger charge is 2.43. The average molecular weight is 328 g/mol. The van der Waals surface area contributed by atoms with Gasteiger partial charge >= 0.3 is 0 Å². The van der Waals surface area contributed by atoms with Crippen molar-refractivity contribution < 1.29 is 14.3 Å². The molecule has 1 saturated heterocycles. The van der Waals surface area contributed by atoms with E-state index in [0.29, 0.717) is 42.9 Å². The molecule has 1 aliphatic heterocycles. The van der Waals surface area contributed by atoms with E-state index in [0.717, 1.165) is 6.42 Å². The predicted octanol–water partition coefficient (Wildman–Crippen LogP) is 1.39. The number of anilines is 1. The maximum absolute atomic E-state index is 12.4. The Morgan fingerprint density at radius 2 is 2.12 bits per heavy atom. The fourth-order valence-corrected chi connectivity index (χ4v) is 3.87. The van der Waals surface area contributed by atoms with Crippen LogP contribution in [0.5, 0.6) is 0 Å². The minimum Gasteiger partial charge on any atom is -0.459 e. The van der Waals surface area contributed by atoms with Crippen molar-refractivity contribution in [2.45, 2.75) is 25.0 Å². The molecule has 2 aliphatic rings. The molecule has 7 heteroatoms. The molecule has 2 N–H and O–H groups in total. The fourth-order valence-electron chi connectivity index (χ4n) is 3.87. The summed E-state index contributed by atoms with van der Waals surface area (Å²) in [6, 6.07) is 3.35. The maximum Gasteiger partial charge on any atom is 0.289 e. The lowest BCUT2D eigenvalue weighted by Crippen LogP contribution is -2.43. The number of carbonyl (C=O) groups is 1. The van der Waals surface area contributed by atoms with Crippen LogP contribution in [0.1, 0.15) is 23.4 Å². The molecule has 4 rings (SSSR count). The Kier molecular flexibility index (Phi) is 3.93. The summed E-state index contributed by atoms with van der Waals surface area (Å²) < 4.78 is 5.21. The van der Waals surface area contributed by atoms with Crippen molar-refractivity contribution in [2.24, 2.45) is 11.8 Å². The Bertz CT molecular complexity index is 691. The van der Waals surface area contributed by atoms with Crippen LogP contribution in [0.15, 0.2) is 41.4 Å². The number of furan rings is 1. The molecule has 126 valence electrons. The van der Waals surface area contributed by atoms with Crippen molar-refractivity contribution in [2.75, 3.05) is 18.4 Å². The van der Waals surface area contributed by atoms with Crippen molar-refractivity contribution >= 4 is 11.7 Å². The van der Waals surface area contributed by atoms with Crippen molar-refractivity contribution in [3.63, 3.8) is 0 Å². The number of aliphatic hydroxyl groups is 1. The van der Waals surface area contributed by atoms with Crippen LogP contribution >= 0.6 is 0 Å². The van der Waals surface area contributed by atoms with E-state index in [1.807, 2.05) is 4.90 Å². The monoisotopic (exact) mass is 328 g/mol. The molecule has 1 amide bonds. The summed E-state index contributed by atoms with van der Waals surface area (Å²) in [4.78, 5) is 22.5. The zero-order valence-corrected chi connectivity index (χ0v) is 13.2. The van der Waals surface area contributed by atoms with E-state index in [4.69, 9.17) is 4.42 Å². The molecule has 0 spiro atoms. The van der Waals surface area contributed by atoms with Crippen molar-refractivity contribution in [1.82, 2.24) is 14.9 Å². The molecule has 0 bridgehead atoms. The van der Waals surface area contributed by atoms with E-state index in [9.17, 15) is 9.90 Å². The van der Waals surface area contributed by atoms with Gasteiger partial charge in [0.15, 0.2) is 5.76 Å². The number of fused-ring (bicyclic) bond motifs is 1. The summed E-state index contributed by atoms with van der Waals surface area (Å²) in [6.07, 6.45) is 7.45. The van der Waals surface area contributed by atoms with Gasteiger partial charge in [-0.05, 0) is 36.8 Å².